The summed E-state index contributed by atoms with van der Waals surface area (Å²) in [5, 5.41) is 0. The van der Waals surface area contributed by atoms with E-state index in [1.54, 1.807) is 6.20 Å². The Morgan fingerprint density at radius 2 is 2.19 bits per heavy atom. The second kappa shape index (κ2) is 6.06. The molecule has 16 heavy (non-hydrogen) atoms. The number of rotatable bonds is 4. The van der Waals surface area contributed by atoms with Crippen molar-refractivity contribution in [3.63, 3.8) is 0 Å². The van der Waals surface area contributed by atoms with Crippen molar-refractivity contribution in [2.75, 3.05) is 0 Å². The summed E-state index contributed by atoms with van der Waals surface area (Å²) in [7, 11) is 0. The average molecular weight is 213 g/mol. The predicted octanol–water partition coefficient (Wildman–Crippen LogP) is 4.18. The lowest BCUT2D eigenvalue weighted by Gasteiger charge is -2.09. The molecule has 0 unspecified atom stereocenters. The Bertz CT molecular complexity index is 425. The number of hydrogen-bond acceptors (Lipinski definition) is 1. The van der Waals surface area contributed by atoms with Crippen LogP contribution in [0.5, 0.6) is 0 Å². The number of nitrogens with zero attached hydrogens (tertiary/aromatic N) is 1. The molecule has 1 aromatic rings. The number of allylic oxidation sites excluding steroid dienone is 3. The first-order valence-corrected chi connectivity index (χ1v) is 5.58. The molecule has 1 rings (SSSR count). The van der Waals surface area contributed by atoms with Crippen LogP contribution in [0.4, 0.5) is 0 Å². The Morgan fingerprint density at radius 1 is 1.44 bits per heavy atom. The van der Waals surface area contributed by atoms with Gasteiger partial charge in [-0.3, -0.25) is 4.99 Å². The summed E-state index contributed by atoms with van der Waals surface area (Å²) < 4.78 is 0. The van der Waals surface area contributed by atoms with E-state index in [0.29, 0.717) is 0 Å². The zero-order valence-electron chi connectivity index (χ0n) is 10.3. The second-order valence-corrected chi connectivity index (χ2v) is 3.82. The molecule has 1 aromatic carbocycles. The topological polar surface area (TPSA) is 12.4 Å². The van der Waals surface area contributed by atoms with Crippen molar-refractivity contribution in [2.45, 2.75) is 27.2 Å². The van der Waals surface area contributed by atoms with E-state index in [4.69, 9.17) is 0 Å². The molecule has 0 bridgehead atoms. The molecule has 0 radical (unpaired) electrons. The molecule has 0 aliphatic carbocycles. The molecule has 0 spiro atoms. The van der Waals surface area contributed by atoms with Crippen LogP contribution >= 0.6 is 0 Å². The van der Waals surface area contributed by atoms with Gasteiger partial charge in [0.2, 0.25) is 0 Å². The largest absolute Gasteiger partial charge is 0.273 e. The zero-order valence-corrected chi connectivity index (χ0v) is 10.3. The third-order valence-corrected chi connectivity index (χ3v) is 2.79. The smallest absolute Gasteiger partial charge is 0.0260 e. The molecule has 1 nitrogen and oxygen atoms in total. The van der Waals surface area contributed by atoms with Gasteiger partial charge in [0, 0.05) is 6.20 Å². The summed E-state index contributed by atoms with van der Waals surface area (Å²) in [5.41, 5.74) is 5.36. The Labute approximate surface area is 98.2 Å². The van der Waals surface area contributed by atoms with Crippen LogP contribution in [0.15, 0.2) is 41.5 Å². The van der Waals surface area contributed by atoms with Crippen molar-refractivity contribution >= 4 is 12.3 Å². The van der Waals surface area contributed by atoms with Gasteiger partial charge < -0.3 is 0 Å². The maximum atomic E-state index is 3.68. The zero-order chi connectivity index (χ0) is 12.0. The van der Waals surface area contributed by atoms with Crippen LogP contribution in [0.2, 0.25) is 0 Å². The lowest BCUT2D eigenvalue weighted by atomic mass is 9.96. The third kappa shape index (κ3) is 2.93. The van der Waals surface area contributed by atoms with Gasteiger partial charge in [0.25, 0.3) is 0 Å². The Morgan fingerprint density at radius 3 is 2.81 bits per heavy atom. The van der Waals surface area contributed by atoms with Crippen molar-refractivity contribution in [3.8, 4) is 0 Å². The van der Waals surface area contributed by atoms with Gasteiger partial charge in [0.1, 0.15) is 0 Å². The van der Waals surface area contributed by atoms with E-state index in [1.807, 2.05) is 6.08 Å². The molecule has 1 heteroatoms. The van der Waals surface area contributed by atoms with Crippen LogP contribution in [0.25, 0.3) is 5.57 Å². The van der Waals surface area contributed by atoms with Crippen LogP contribution in [0, 0.1) is 6.92 Å². The molecule has 0 aromatic heterocycles. The fourth-order valence-corrected chi connectivity index (χ4v) is 1.83. The molecule has 0 heterocycles. The van der Waals surface area contributed by atoms with Crippen LogP contribution < -0.4 is 0 Å². The Balaban J connectivity index is 3.08. The van der Waals surface area contributed by atoms with Gasteiger partial charge in [-0.2, -0.15) is 0 Å². The molecule has 0 atom stereocenters. The second-order valence-electron chi connectivity index (χ2n) is 3.82. The molecule has 84 valence electrons. The van der Waals surface area contributed by atoms with Crippen LogP contribution in [0.3, 0.4) is 0 Å². The van der Waals surface area contributed by atoms with Crippen molar-refractivity contribution in [1.29, 1.82) is 0 Å². The Kier molecular flexibility index (Phi) is 4.71. The van der Waals surface area contributed by atoms with E-state index in [0.717, 1.165) is 6.42 Å². The molecule has 0 fully saturated rings. The van der Waals surface area contributed by atoms with E-state index in [2.05, 4.69) is 56.8 Å². The summed E-state index contributed by atoms with van der Waals surface area (Å²) in [6.45, 7) is 9.90. The molecule has 0 saturated heterocycles. The quantitative estimate of drug-likeness (QED) is 0.525. The number of aliphatic imine (C=N–C) groups is 1. The summed E-state index contributed by atoms with van der Waals surface area (Å²) in [5.74, 6) is 0. The average Bonchev–Trinajstić information content (AvgIpc) is 2.29. The van der Waals surface area contributed by atoms with E-state index >= 15 is 0 Å². The van der Waals surface area contributed by atoms with E-state index in [1.165, 1.54) is 22.3 Å². The van der Waals surface area contributed by atoms with Gasteiger partial charge in [-0.05, 0) is 55.3 Å². The standard InChI is InChI=1S/C15H19N/c1-5-14-9-6-10-15(13(14)3)12(2)8-7-11-16-4/h6-11H,4-5H2,1-3H3/b11-7-,12-8+. The normalized spacial score (nSPS) is 12.1. The fourth-order valence-electron chi connectivity index (χ4n) is 1.83. The van der Waals surface area contributed by atoms with Gasteiger partial charge >= 0.3 is 0 Å². The molecule has 0 N–H and O–H groups in total. The lowest BCUT2D eigenvalue weighted by Crippen LogP contribution is -1.92. The Hall–Kier alpha value is -1.63. The van der Waals surface area contributed by atoms with Gasteiger partial charge in [-0.1, -0.05) is 31.2 Å². The summed E-state index contributed by atoms with van der Waals surface area (Å²) in [6, 6.07) is 6.47. The van der Waals surface area contributed by atoms with Crippen LogP contribution in [-0.2, 0) is 6.42 Å². The van der Waals surface area contributed by atoms with Gasteiger partial charge in [-0.15, -0.1) is 0 Å². The van der Waals surface area contributed by atoms with Crippen LogP contribution in [-0.4, -0.2) is 6.72 Å². The minimum absolute atomic E-state index is 1.08. The monoisotopic (exact) mass is 213 g/mol. The molecular formula is C15H19N. The van der Waals surface area contributed by atoms with Crippen molar-refractivity contribution in [2.24, 2.45) is 4.99 Å². The third-order valence-electron chi connectivity index (χ3n) is 2.79. The predicted molar refractivity (Wildman–Crippen MR) is 72.9 cm³/mol. The maximum absolute atomic E-state index is 3.68. The van der Waals surface area contributed by atoms with Crippen molar-refractivity contribution < 1.29 is 0 Å². The fraction of sp³-hybridized carbons (Fsp3) is 0.267. The number of hydrogen-bond donors (Lipinski definition) is 0. The SMILES string of the molecule is C=N/C=C\C=C(/C)c1cccc(CC)c1C. The van der Waals surface area contributed by atoms with E-state index < -0.39 is 0 Å². The molecule has 0 amide bonds. The summed E-state index contributed by atoms with van der Waals surface area (Å²) in [6.07, 6.45) is 6.76. The number of aryl methyl sites for hydroxylation is 1. The van der Waals surface area contributed by atoms with Crippen molar-refractivity contribution in [1.82, 2.24) is 0 Å². The molecular weight excluding hydrogens is 194 g/mol. The highest BCUT2D eigenvalue weighted by atomic mass is 14.6. The summed E-state index contributed by atoms with van der Waals surface area (Å²) in [4.78, 5) is 3.68. The van der Waals surface area contributed by atoms with Gasteiger partial charge in [0.05, 0.1) is 0 Å². The first-order chi connectivity index (χ1) is 7.70. The van der Waals surface area contributed by atoms with E-state index in [9.17, 15) is 0 Å². The maximum Gasteiger partial charge on any atom is 0.0260 e. The first kappa shape index (κ1) is 12.4. The first-order valence-electron chi connectivity index (χ1n) is 5.58. The highest BCUT2D eigenvalue weighted by molar-refractivity contribution is 5.68. The van der Waals surface area contributed by atoms with Crippen LogP contribution in [0.1, 0.15) is 30.5 Å². The summed E-state index contributed by atoms with van der Waals surface area (Å²) >= 11 is 0. The highest BCUT2D eigenvalue weighted by Crippen LogP contribution is 2.21. The molecule has 0 aliphatic heterocycles. The highest BCUT2D eigenvalue weighted by Gasteiger charge is 2.02. The lowest BCUT2D eigenvalue weighted by molar-refractivity contribution is 1.10. The number of benzene rings is 1. The molecule has 0 saturated carbocycles. The van der Waals surface area contributed by atoms with E-state index in [-0.39, 0.29) is 0 Å². The molecule has 0 aliphatic rings. The minimum atomic E-state index is 1.08. The van der Waals surface area contributed by atoms with Crippen molar-refractivity contribution in [3.05, 3.63) is 53.2 Å². The van der Waals surface area contributed by atoms with Gasteiger partial charge in [-0.25, -0.2) is 0 Å². The minimum Gasteiger partial charge on any atom is -0.273 e. The van der Waals surface area contributed by atoms with Gasteiger partial charge in [0.15, 0.2) is 0 Å².